The van der Waals surface area contributed by atoms with Crippen molar-refractivity contribution in [1.29, 1.82) is 0 Å². The van der Waals surface area contributed by atoms with Gasteiger partial charge in [-0.05, 0) is 65.7 Å². The van der Waals surface area contributed by atoms with Crippen LogP contribution in [-0.2, 0) is 11.2 Å². The number of amides is 1. The van der Waals surface area contributed by atoms with Gasteiger partial charge in [-0.3, -0.25) is 9.48 Å². The molecule has 0 N–H and O–H groups in total. The van der Waals surface area contributed by atoms with Crippen molar-refractivity contribution in [2.45, 2.75) is 56.7 Å². The maximum absolute atomic E-state index is 12.8. The molecule has 1 aromatic heterocycles. The molecule has 4 nitrogen and oxygen atoms in total. The summed E-state index contributed by atoms with van der Waals surface area (Å²) in [5.74, 6) is 0.285. The molecule has 1 aromatic carbocycles. The number of halogens is 2. The van der Waals surface area contributed by atoms with Crippen molar-refractivity contribution >= 4 is 33.4 Å². The Kier molecular flexibility index (Phi) is 4.87. The summed E-state index contributed by atoms with van der Waals surface area (Å²) in [6.07, 6.45) is 9.45. The fourth-order valence-electron chi connectivity index (χ4n) is 4.36. The lowest BCUT2D eigenvalue weighted by Gasteiger charge is -2.39. The van der Waals surface area contributed by atoms with Crippen molar-refractivity contribution in [3.63, 3.8) is 0 Å². The number of hydrogen-bond donors (Lipinski definition) is 0. The fourth-order valence-corrected chi connectivity index (χ4v) is 4.87. The number of benzene rings is 1. The van der Waals surface area contributed by atoms with Gasteiger partial charge in [0, 0.05) is 29.7 Å². The molecule has 2 unspecified atom stereocenters. The highest BCUT2D eigenvalue weighted by Crippen LogP contribution is 2.41. The Morgan fingerprint density at radius 1 is 1.24 bits per heavy atom. The Labute approximate surface area is 161 Å². The predicted octanol–water partition coefficient (Wildman–Crippen LogP) is 4.63. The highest BCUT2D eigenvalue weighted by molar-refractivity contribution is 9.10. The van der Waals surface area contributed by atoms with E-state index in [0.29, 0.717) is 24.5 Å². The molecule has 1 amide bonds. The third kappa shape index (κ3) is 3.63. The zero-order valence-corrected chi connectivity index (χ0v) is 16.3. The summed E-state index contributed by atoms with van der Waals surface area (Å²) < 4.78 is 3.07. The van der Waals surface area contributed by atoms with Gasteiger partial charge in [0.1, 0.15) is 0 Å². The van der Waals surface area contributed by atoms with E-state index in [0.717, 1.165) is 47.2 Å². The van der Waals surface area contributed by atoms with E-state index >= 15 is 0 Å². The Morgan fingerprint density at radius 3 is 2.64 bits per heavy atom. The van der Waals surface area contributed by atoms with Crippen LogP contribution in [0.1, 0.15) is 43.7 Å². The van der Waals surface area contributed by atoms with Crippen LogP contribution in [0.25, 0.3) is 0 Å². The van der Waals surface area contributed by atoms with Crippen molar-refractivity contribution in [3.8, 4) is 0 Å². The summed E-state index contributed by atoms with van der Waals surface area (Å²) in [6, 6.07) is 8.92. The van der Waals surface area contributed by atoms with E-state index in [1.54, 1.807) is 0 Å². The van der Waals surface area contributed by atoms with Crippen molar-refractivity contribution in [2.75, 3.05) is 0 Å². The Balaban J connectivity index is 1.39. The third-order valence-electron chi connectivity index (χ3n) is 5.46. The molecular formula is C19H21BrClN3O. The van der Waals surface area contributed by atoms with E-state index in [4.69, 9.17) is 11.6 Å². The lowest BCUT2D eigenvalue weighted by atomic mass is 9.96. The number of aryl methyl sites for hydroxylation is 1. The van der Waals surface area contributed by atoms with Crippen LogP contribution in [0.15, 0.2) is 41.1 Å². The molecule has 0 aliphatic carbocycles. The van der Waals surface area contributed by atoms with Crippen LogP contribution in [0, 0.1) is 0 Å². The molecule has 2 aliphatic heterocycles. The van der Waals surface area contributed by atoms with E-state index in [2.05, 4.69) is 30.6 Å². The Morgan fingerprint density at radius 2 is 2.00 bits per heavy atom. The standard InChI is InChI=1S/C19H21BrClN3O/c20-14-11-22-23(12-14)18-9-16-5-6-17(10-18)24(16)19(25)7-4-13-2-1-3-15(21)8-13/h1-3,8,11-12,16-18H,4-7,9-10H2. The van der Waals surface area contributed by atoms with Crippen molar-refractivity contribution in [3.05, 3.63) is 51.7 Å². The second kappa shape index (κ2) is 7.12. The second-order valence-corrected chi connectivity index (χ2v) is 8.43. The quantitative estimate of drug-likeness (QED) is 0.720. The number of carbonyl (C=O) groups is 1. The minimum atomic E-state index is 0.285. The molecule has 3 heterocycles. The first-order valence-corrected chi connectivity index (χ1v) is 10.0. The molecule has 2 saturated heterocycles. The summed E-state index contributed by atoms with van der Waals surface area (Å²) in [5, 5.41) is 5.18. The molecule has 2 atom stereocenters. The maximum atomic E-state index is 12.8. The molecule has 0 radical (unpaired) electrons. The molecule has 6 heteroatoms. The molecule has 0 spiro atoms. The number of aromatic nitrogens is 2. The monoisotopic (exact) mass is 421 g/mol. The molecule has 2 aliphatic rings. The second-order valence-electron chi connectivity index (χ2n) is 7.08. The highest BCUT2D eigenvalue weighted by Gasteiger charge is 2.43. The lowest BCUT2D eigenvalue weighted by molar-refractivity contribution is -0.136. The molecule has 25 heavy (non-hydrogen) atoms. The lowest BCUT2D eigenvalue weighted by Crippen LogP contribution is -2.47. The third-order valence-corrected chi connectivity index (χ3v) is 6.10. The molecule has 0 saturated carbocycles. The van der Waals surface area contributed by atoms with Crippen LogP contribution in [0.5, 0.6) is 0 Å². The van der Waals surface area contributed by atoms with Crippen molar-refractivity contribution in [1.82, 2.24) is 14.7 Å². The van der Waals surface area contributed by atoms with Crippen LogP contribution < -0.4 is 0 Å². The van der Waals surface area contributed by atoms with Gasteiger partial charge >= 0.3 is 0 Å². The topological polar surface area (TPSA) is 38.1 Å². The summed E-state index contributed by atoms with van der Waals surface area (Å²) in [7, 11) is 0. The van der Waals surface area contributed by atoms with Crippen LogP contribution in [0.4, 0.5) is 0 Å². The van der Waals surface area contributed by atoms with E-state index in [1.807, 2.05) is 36.7 Å². The largest absolute Gasteiger partial charge is 0.337 e. The first kappa shape index (κ1) is 17.1. The fraction of sp³-hybridized carbons (Fsp3) is 0.474. The summed E-state index contributed by atoms with van der Waals surface area (Å²) >= 11 is 9.50. The molecular weight excluding hydrogens is 402 g/mol. The SMILES string of the molecule is O=C(CCc1cccc(Cl)c1)N1C2CCC1CC(n1cc(Br)cn1)C2. The predicted molar refractivity (Wildman–Crippen MR) is 102 cm³/mol. The minimum absolute atomic E-state index is 0.285. The minimum Gasteiger partial charge on any atom is -0.337 e. The van der Waals surface area contributed by atoms with Crippen LogP contribution in [-0.4, -0.2) is 32.7 Å². The number of hydrogen-bond acceptors (Lipinski definition) is 2. The zero-order chi connectivity index (χ0) is 17.4. The first-order chi connectivity index (χ1) is 12.1. The summed E-state index contributed by atoms with van der Waals surface area (Å²) in [5.41, 5.74) is 1.13. The number of fused-ring (bicyclic) bond motifs is 2. The van der Waals surface area contributed by atoms with Crippen LogP contribution in [0.3, 0.4) is 0 Å². The number of nitrogens with zero attached hydrogens (tertiary/aromatic N) is 3. The molecule has 2 bridgehead atoms. The molecule has 132 valence electrons. The normalized spacial score (nSPS) is 25.4. The maximum Gasteiger partial charge on any atom is 0.223 e. The number of piperidine rings is 1. The van der Waals surface area contributed by atoms with E-state index in [9.17, 15) is 4.79 Å². The van der Waals surface area contributed by atoms with Gasteiger partial charge in [-0.2, -0.15) is 5.10 Å². The molecule has 2 aromatic rings. The Hall–Kier alpha value is -1.33. The number of carbonyl (C=O) groups excluding carboxylic acids is 1. The average molecular weight is 423 g/mol. The van der Waals surface area contributed by atoms with Gasteiger partial charge in [0.15, 0.2) is 0 Å². The van der Waals surface area contributed by atoms with E-state index in [1.165, 1.54) is 0 Å². The van der Waals surface area contributed by atoms with Crippen molar-refractivity contribution in [2.24, 2.45) is 0 Å². The van der Waals surface area contributed by atoms with Gasteiger partial charge < -0.3 is 4.90 Å². The van der Waals surface area contributed by atoms with E-state index in [-0.39, 0.29) is 5.91 Å². The van der Waals surface area contributed by atoms with E-state index < -0.39 is 0 Å². The average Bonchev–Trinajstić information content (AvgIpc) is 3.14. The van der Waals surface area contributed by atoms with Gasteiger partial charge in [-0.15, -0.1) is 0 Å². The number of rotatable bonds is 4. The Bertz CT molecular complexity index is 764. The summed E-state index contributed by atoms with van der Waals surface area (Å²) in [6.45, 7) is 0. The van der Waals surface area contributed by atoms with Gasteiger partial charge in [0.25, 0.3) is 0 Å². The van der Waals surface area contributed by atoms with Gasteiger partial charge in [0.2, 0.25) is 5.91 Å². The highest BCUT2D eigenvalue weighted by atomic mass is 79.9. The first-order valence-electron chi connectivity index (χ1n) is 8.85. The summed E-state index contributed by atoms with van der Waals surface area (Å²) in [4.78, 5) is 15.0. The van der Waals surface area contributed by atoms with Gasteiger partial charge in [0.05, 0.1) is 16.7 Å². The van der Waals surface area contributed by atoms with Gasteiger partial charge in [-0.1, -0.05) is 23.7 Å². The van der Waals surface area contributed by atoms with Gasteiger partial charge in [-0.25, -0.2) is 0 Å². The van der Waals surface area contributed by atoms with Crippen LogP contribution in [0.2, 0.25) is 5.02 Å². The molecule has 4 rings (SSSR count). The smallest absolute Gasteiger partial charge is 0.223 e. The zero-order valence-electron chi connectivity index (χ0n) is 13.9. The van der Waals surface area contributed by atoms with Crippen LogP contribution >= 0.6 is 27.5 Å². The molecule has 2 fully saturated rings. The van der Waals surface area contributed by atoms with Crippen molar-refractivity contribution < 1.29 is 4.79 Å².